The molecule has 2 aromatic carbocycles. The number of hydrogen-bond donors (Lipinski definition) is 2. The summed E-state index contributed by atoms with van der Waals surface area (Å²) in [7, 11) is 0. The summed E-state index contributed by atoms with van der Waals surface area (Å²) < 4.78 is 21.3. The van der Waals surface area contributed by atoms with Crippen LogP contribution in [0.1, 0.15) is 64.2 Å². The number of carboxylic acid groups (broad SMARTS) is 1. The number of anilines is 1. The minimum absolute atomic E-state index is 0.123. The van der Waals surface area contributed by atoms with Crippen LogP contribution in [-0.4, -0.2) is 57.8 Å². The number of fused-ring (bicyclic) bond motifs is 1. The molecule has 0 bridgehead atoms. The highest BCUT2D eigenvalue weighted by Crippen LogP contribution is 2.36. The second-order valence-electron chi connectivity index (χ2n) is 11.5. The van der Waals surface area contributed by atoms with E-state index in [-0.39, 0.29) is 49.3 Å². The van der Waals surface area contributed by atoms with Gasteiger partial charge in [-0.3, -0.25) is 24.5 Å². The number of nitriles is 1. The van der Waals surface area contributed by atoms with Crippen LogP contribution in [-0.2, 0) is 27.5 Å². The number of hydrogen-bond acceptors (Lipinski definition) is 8. The number of piperidine rings is 2. The van der Waals surface area contributed by atoms with E-state index in [2.05, 4.69) is 15.2 Å². The molecule has 0 aliphatic carbocycles. The SMILES string of the molecule is N#Cc1ccc(N2CCC(C(C(=O)O)c3ccc(COc4cccc5c4CN([C@H]4CCC(=O)NC4=O)C5=O)c(F)c3)CC2)nc1. The molecule has 4 heterocycles. The first-order valence-corrected chi connectivity index (χ1v) is 14.7. The predicted molar refractivity (Wildman–Crippen MR) is 157 cm³/mol. The number of imide groups is 1. The van der Waals surface area contributed by atoms with E-state index >= 15 is 4.39 Å². The summed E-state index contributed by atoms with van der Waals surface area (Å²) in [5.74, 6) is -2.79. The average molecular weight is 612 g/mol. The number of amides is 3. The summed E-state index contributed by atoms with van der Waals surface area (Å²) in [5, 5.41) is 21.4. The van der Waals surface area contributed by atoms with Crippen molar-refractivity contribution in [3.8, 4) is 11.8 Å². The van der Waals surface area contributed by atoms with Gasteiger partial charge in [-0.2, -0.15) is 5.26 Å². The fraction of sp³-hybridized carbons (Fsp3) is 0.333. The lowest BCUT2D eigenvalue weighted by Gasteiger charge is -2.35. The molecule has 0 radical (unpaired) electrons. The number of nitrogens with one attached hydrogen (secondary N) is 1. The lowest BCUT2D eigenvalue weighted by Crippen LogP contribution is -2.52. The normalized spacial score (nSPS) is 19.1. The summed E-state index contributed by atoms with van der Waals surface area (Å²) in [5.41, 5.74) is 2.05. The minimum Gasteiger partial charge on any atom is -0.488 e. The number of carbonyl (C=O) groups excluding carboxylic acids is 3. The number of pyridine rings is 1. The second kappa shape index (κ2) is 12.4. The third-order valence-electron chi connectivity index (χ3n) is 8.84. The number of benzene rings is 2. The summed E-state index contributed by atoms with van der Waals surface area (Å²) in [6.07, 6.45) is 3.06. The number of aliphatic carboxylic acids is 1. The van der Waals surface area contributed by atoms with Gasteiger partial charge in [-0.15, -0.1) is 0 Å². The number of carboxylic acids is 1. The van der Waals surface area contributed by atoms with E-state index in [1.54, 1.807) is 36.4 Å². The molecule has 12 heteroatoms. The van der Waals surface area contributed by atoms with Crippen molar-refractivity contribution in [2.24, 2.45) is 5.92 Å². The van der Waals surface area contributed by atoms with Crippen LogP contribution in [0.2, 0.25) is 0 Å². The number of carbonyl (C=O) groups is 4. The molecule has 11 nitrogen and oxygen atoms in total. The average Bonchev–Trinajstić information content (AvgIpc) is 3.37. The number of rotatable bonds is 8. The van der Waals surface area contributed by atoms with Gasteiger partial charge in [-0.05, 0) is 61.1 Å². The summed E-state index contributed by atoms with van der Waals surface area (Å²) in [6, 6.07) is 14.1. The van der Waals surface area contributed by atoms with Gasteiger partial charge in [0, 0.05) is 42.4 Å². The molecule has 6 rings (SSSR count). The maximum Gasteiger partial charge on any atom is 0.311 e. The number of ether oxygens (including phenoxy) is 1. The molecule has 3 amide bonds. The van der Waals surface area contributed by atoms with Crippen molar-refractivity contribution in [1.29, 1.82) is 5.26 Å². The highest BCUT2D eigenvalue weighted by atomic mass is 19.1. The molecule has 1 unspecified atom stereocenters. The van der Waals surface area contributed by atoms with Crippen LogP contribution in [0.15, 0.2) is 54.7 Å². The van der Waals surface area contributed by atoms with Gasteiger partial charge in [-0.1, -0.05) is 18.2 Å². The van der Waals surface area contributed by atoms with Crippen molar-refractivity contribution >= 4 is 29.5 Å². The van der Waals surface area contributed by atoms with Gasteiger partial charge in [0.15, 0.2) is 0 Å². The Bertz CT molecular complexity index is 1710. The number of nitrogens with zero attached hydrogens (tertiary/aromatic N) is 4. The molecule has 230 valence electrons. The third-order valence-corrected chi connectivity index (χ3v) is 8.84. The molecule has 0 saturated carbocycles. The van der Waals surface area contributed by atoms with Crippen molar-refractivity contribution in [3.63, 3.8) is 0 Å². The Kier molecular flexibility index (Phi) is 8.17. The van der Waals surface area contributed by atoms with Crippen LogP contribution in [0.25, 0.3) is 0 Å². The Morgan fingerprint density at radius 1 is 1.13 bits per heavy atom. The molecule has 2 N–H and O–H groups in total. The van der Waals surface area contributed by atoms with Crippen molar-refractivity contribution in [2.75, 3.05) is 18.0 Å². The van der Waals surface area contributed by atoms with Gasteiger partial charge in [0.2, 0.25) is 11.8 Å². The molecule has 3 aliphatic heterocycles. The fourth-order valence-corrected chi connectivity index (χ4v) is 6.44. The van der Waals surface area contributed by atoms with E-state index < -0.39 is 29.7 Å². The maximum absolute atomic E-state index is 15.4. The fourth-order valence-electron chi connectivity index (χ4n) is 6.44. The third kappa shape index (κ3) is 5.93. The highest BCUT2D eigenvalue weighted by Gasteiger charge is 2.40. The lowest BCUT2D eigenvalue weighted by atomic mass is 9.80. The molecule has 3 aromatic rings. The second-order valence-corrected chi connectivity index (χ2v) is 11.5. The Morgan fingerprint density at radius 2 is 1.93 bits per heavy atom. The Hall–Kier alpha value is -5.31. The zero-order valence-electron chi connectivity index (χ0n) is 24.2. The van der Waals surface area contributed by atoms with Crippen molar-refractivity contribution in [2.45, 2.75) is 50.8 Å². The Labute approximate surface area is 258 Å². The number of aromatic nitrogens is 1. The molecule has 0 spiro atoms. The quantitative estimate of drug-likeness (QED) is 0.365. The zero-order chi connectivity index (χ0) is 31.7. The van der Waals surface area contributed by atoms with Crippen LogP contribution in [0.3, 0.4) is 0 Å². The molecule has 2 fully saturated rings. The molecule has 45 heavy (non-hydrogen) atoms. The van der Waals surface area contributed by atoms with E-state index in [0.29, 0.717) is 53.9 Å². The monoisotopic (exact) mass is 611 g/mol. The standard InChI is InChI=1S/C33H30FN5O6/c34-25-14-21(30(33(43)44)20-10-12-38(13-11-20)28-8-4-19(15-35)16-36-28)5-6-22(25)18-45-27-3-1-2-23-24(27)17-39(32(23)42)26-7-9-29(40)37-31(26)41/h1-6,8,14,16,20,26,30H,7,9-13,17-18H2,(H,43,44)(H,37,40,41)/t26-,30?/m0/s1. The Morgan fingerprint density at radius 3 is 2.60 bits per heavy atom. The first-order valence-electron chi connectivity index (χ1n) is 14.7. The summed E-state index contributed by atoms with van der Waals surface area (Å²) >= 11 is 0. The van der Waals surface area contributed by atoms with E-state index in [0.717, 1.165) is 5.82 Å². The van der Waals surface area contributed by atoms with Crippen LogP contribution >= 0.6 is 0 Å². The molecule has 2 saturated heterocycles. The molecule has 2 atom stereocenters. The van der Waals surface area contributed by atoms with E-state index in [1.807, 2.05) is 6.07 Å². The maximum atomic E-state index is 15.4. The minimum atomic E-state index is -1.02. The van der Waals surface area contributed by atoms with Gasteiger partial charge < -0.3 is 19.6 Å². The van der Waals surface area contributed by atoms with Crippen molar-refractivity contribution < 1.29 is 33.4 Å². The molecule has 1 aromatic heterocycles. The Balaban J connectivity index is 1.11. The van der Waals surface area contributed by atoms with Gasteiger partial charge in [0.05, 0.1) is 18.0 Å². The van der Waals surface area contributed by atoms with Crippen LogP contribution in [0.5, 0.6) is 5.75 Å². The first kappa shape index (κ1) is 29.7. The first-order chi connectivity index (χ1) is 21.7. The molecule has 3 aliphatic rings. The largest absolute Gasteiger partial charge is 0.488 e. The zero-order valence-corrected chi connectivity index (χ0v) is 24.2. The van der Waals surface area contributed by atoms with Crippen molar-refractivity contribution in [3.05, 3.63) is 88.4 Å². The van der Waals surface area contributed by atoms with E-state index in [1.165, 1.54) is 23.2 Å². The van der Waals surface area contributed by atoms with E-state index in [9.17, 15) is 24.3 Å². The van der Waals surface area contributed by atoms with Gasteiger partial charge >= 0.3 is 5.97 Å². The molecular formula is C33H30FN5O6. The number of halogens is 1. The smallest absolute Gasteiger partial charge is 0.311 e. The van der Waals surface area contributed by atoms with Crippen LogP contribution < -0.4 is 15.0 Å². The van der Waals surface area contributed by atoms with Gasteiger partial charge in [0.1, 0.15) is 36.1 Å². The van der Waals surface area contributed by atoms with Crippen LogP contribution in [0, 0.1) is 23.1 Å². The van der Waals surface area contributed by atoms with E-state index in [4.69, 9.17) is 10.00 Å². The van der Waals surface area contributed by atoms with Gasteiger partial charge in [-0.25, -0.2) is 9.37 Å². The summed E-state index contributed by atoms with van der Waals surface area (Å²) in [6.45, 7) is 1.15. The predicted octanol–water partition coefficient (Wildman–Crippen LogP) is 3.52. The summed E-state index contributed by atoms with van der Waals surface area (Å²) in [4.78, 5) is 57.2. The lowest BCUT2D eigenvalue weighted by molar-refractivity contribution is -0.140. The highest BCUT2D eigenvalue weighted by molar-refractivity contribution is 6.05. The van der Waals surface area contributed by atoms with Gasteiger partial charge in [0.25, 0.3) is 5.91 Å². The van der Waals surface area contributed by atoms with Crippen LogP contribution in [0.4, 0.5) is 10.2 Å². The van der Waals surface area contributed by atoms with Crippen molar-refractivity contribution in [1.82, 2.24) is 15.2 Å². The molecular weight excluding hydrogens is 581 g/mol. The topological polar surface area (TPSA) is 153 Å².